The fourth-order valence-electron chi connectivity index (χ4n) is 1.81. The topological polar surface area (TPSA) is 106 Å². The molecular weight excluding hydrogens is 236 g/mol. The van der Waals surface area contributed by atoms with Gasteiger partial charge >= 0.3 is 6.03 Å². The lowest BCUT2D eigenvalue weighted by atomic mass is 10.1. The number of carbonyl (C=O) groups excluding carboxylic acids is 1. The monoisotopic (exact) mass is 258 g/mol. The zero-order valence-electron chi connectivity index (χ0n) is 11.1. The number of carbonyl (C=O) groups is 1. The zero-order chi connectivity index (χ0) is 13.9. The lowest BCUT2D eigenvalue weighted by molar-refractivity contribution is 0.184. The van der Waals surface area contributed by atoms with Gasteiger partial charge in [0.05, 0.1) is 6.10 Å². The maximum atomic E-state index is 11.4. The Bertz CT molecular complexity index is 343. The van der Waals surface area contributed by atoms with Gasteiger partial charge in [-0.2, -0.15) is 0 Å². The molecule has 1 fully saturated rings. The lowest BCUT2D eigenvalue weighted by Crippen LogP contribution is -2.46. The number of rotatable bonds is 3. The van der Waals surface area contributed by atoms with Crippen molar-refractivity contribution in [1.29, 1.82) is 0 Å². The summed E-state index contributed by atoms with van der Waals surface area (Å²) >= 11 is 0. The third-order valence-corrected chi connectivity index (χ3v) is 2.72. The van der Waals surface area contributed by atoms with Crippen LogP contribution in [-0.4, -0.2) is 40.7 Å². The number of hydrogen-bond donors (Lipinski definition) is 6. The molecule has 7 nitrogen and oxygen atoms in total. The second-order valence-electron chi connectivity index (χ2n) is 4.76. The molecule has 1 rings (SSSR count). The molecule has 0 saturated carbocycles. The Labute approximate surface area is 107 Å². The number of hydrazine groups is 1. The third-order valence-electron chi connectivity index (χ3n) is 2.72. The molecule has 104 valence electrons. The van der Waals surface area contributed by atoms with E-state index in [1.54, 1.807) is 13.8 Å². The van der Waals surface area contributed by atoms with Crippen LogP contribution in [0, 0.1) is 0 Å². The highest BCUT2D eigenvalue weighted by molar-refractivity contribution is 5.73. The molecule has 0 spiro atoms. The quantitative estimate of drug-likeness (QED) is 0.370. The van der Waals surface area contributed by atoms with Crippen LogP contribution in [0.15, 0.2) is 11.3 Å². The van der Waals surface area contributed by atoms with Crippen LogP contribution in [0.3, 0.4) is 0 Å². The van der Waals surface area contributed by atoms with E-state index in [0.717, 1.165) is 0 Å². The molecular formula is C11H22N4O3. The summed E-state index contributed by atoms with van der Waals surface area (Å²) in [7, 11) is 0. The van der Waals surface area contributed by atoms with Crippen LogP contribution in [0.25, 0.3) is 0 Å². The molecule has 3 unspecified atom stereocenters. The molecule has 2 amide bonds. The van der Waals surface area contributed by atoms with Crippen molar-refractivity contribution < 1.29 is 15.0 Å². The highest BCUT2D eigenvalue weighted by Gasteiger charge is 2.34. The van der Waals surface area contributed by atoms with E-state index in [4.69, 9.17) is 0 Å². The molecule has 0 aliphatic carbocycles. The highest BCUT2D eigenvalue weighted by atomic mass is 16.3. The minimum atomic E-state index is -0.905. The summed E-state index contributed by atoms with van der Waals surface area (Å²) in [6.07, 6.45) is -1.68. The fraction of sp³-hybridized carbons (Fsp3) is 0.727. The van der Waals surface area contributed by atoms with Gasteiger partial charge in [0.1, 0.15) is 6.23 Å². The van der Waals surface area contributed by atoms with Crippen molar-refractivity contribution in [3.8, 4) is 0 Å². The standard InChI is InChI=1S/C11H22N4O3/c1-5(2)12-11(18)15-14-6(3)8-9(16)7(4)13-10(8)17/h5,7,9-10,13-14,16-17H,1-4H3,(H2,12,15,18)/b8-6-. The molecule has 0 aromatic carbocycles. The highest BCUT2D eigenvalue weighted by Crippen LogP contribution is 2.20. The molecule has 0 radical (unpaired) electrons. The van der Waals surface area contributed by atoms with E-state index in [1.807, 2.05) is 13.8 Å². The SMILES string of the molecule is C/C(NNC(=O)NC(C)C)=C1/C(O)NC(C)C1O. The number of amides is 2. The minimum Gasteiger partial charge on any atom is -0.387 e. The van der Waals surface area contributed by atoms with E-state index in [0.29, 0.717) is 11.3 Å². The summed E-state index contributed by atoms with van der Waals surface area (Å²) in [5, 5.41) is 25.0. The minimum absolute atomic E-state index is 0.0316. The Balaban J connectivity index is 2.58. The Hall–Kier alpha value is -1.31. The summed E-state index contributed by atoms with van der Waals surface area (Å²) in [5.74, 6) is 0. The van der Waals surface area contributed by atoms with Gasteiger partial charge in [-0.25, -0.2) is 4.79 Å². The van der Waals surface area contributed by atoms with Crippen molar-refractivity contribution in [2.24, 2.45) is 0 Å². The largest absolute Gasteiger partial charge is 0.387 e. The van der Waals surface area contributed by atoms with Gasteiger partial charge in [0.25, 0.3) is 0 Å². The van der Waals surface area contributed by atoms with Gasteiger partial charge in [0.2, 0.25) is 0 Å². The van der Waals surface area contributed by atoms with Crippen molar-refractivity contribution >= 4 is 6.03 Å². The Morgan fingerprint density at radius 2 is 1.94 bits per heavy atom. The van der Waals surface area contributed by atoms with Crippen molar-refractivity contribution in [3.05, 3.63) is 11.3 Å². The molecule has 0 bridgehead atoms. The smallest absolute Gasteiger partial charge is 0.333 e. The summed E-state index contributed by atoms with van der Waals surface area (Å²) in [4.78, 5) is 11.4. The summed E-state index contributed by atoms with van der Waals surface area (Å²) in [5.41, 5.74) is 6.06. The number of urea groups is 1. The predicted octanol–water partition coefficient (Wildman–Crippen LogP) is -0.856. The van der Waals surface area contributed by atoms with Crippen LogP contribution in [0.2, 0.25) is 0 Å². The van der Waals surface area contributed by atoms with Gasteiger partial charge in [-0.3, -0.25) is 10.7 Å². The fourth-order valence-corrected chi connectivity index (χ4v) is 1.81. The molecule has 6 N–H and O–H groups in total. The Kier molecular flexibility index (Phi) is 4.94. The van der Waals surface area contributed by atoms with Crippen molar-refractivity contribution in [2.75, 3.05) is 0 Å². The molecule has 0 aromatic rings. The summed E-state index contributed by atoms with van der Waals surface area (Å²) in [6, 6.07) is -0.562. The van der Waals surface area contributed by atoms with Gasteiger partial charge in [-0.15, -0.1) is 0 Å². The van der Waals surface area contributed by atoms with Crippen LogP contribution in [0.1, 0.15) is 27.7 Å². The van der Waals surface area contributed by atoms with Crippen LogP contribution in [0.4, 0.5) is 4.79 Å². The number of aliphatic hydroxyl groups is 2. The van der Waals surface area contributed by atoms with E-state index in [1.165, 1.54) is 0 Å². The first-order chi connectivity index (χ1) is 8.32. The summed E-state index contributed by atoms with van der Waals surface area (Å²) in [6.45, 7) is 7.15. The molecule has 3 atom stereocenters. The molecule has 1 saturated heterocycles. The van der Waals surface area contributed by atoms with Gasteiger partial charge in [0, 0.05) is 23.4 Å². The normalized spacial score (nSPS) is 30.3. The van der Waals surface area contributed by atoms with Crippen LogP contribution >= 0.6 is 0 Å². The molecule has 1 aliphatic heterocycles. The molecule has 0 aromatic heterocycles. The van der Waals surface area contributed by atoms with E-state index in [2.05, 4.69) is 21.5 Å². The van der Waals surface area contributed by atoms with Crippen LogP contribution < -0.4 is 21.5 Å². The number of aliphatic hydroxyl groups excluding tert-OH is 2. The maximum Gasteiger partial charge on any atom is 0.333 e. The first-order valence-corrected chi connectivity index (χ1v) is 5.98. The van der Waals surface area contributed by atoms with E-state index in [-0.39, 0.29) is 18.1 Å². The Morgan fingerprint density at radius 1 is 1.33 bits per heavy atom. The second-order valence-corrected chi connectivity index (χ2v) is 4.76. The average molecular weight is 258 g/mol. The second kappa shape index (κ2) is 6.03. The first-order valence-electron chi connectivity index (χ1n) is 5.98. The van der Waals surface area contributed by atoms with Crippen LogP contribution in [0.5, 0.6) is 0 Å². The van der Waals surface area contributed by atoms with Gasteiger partial charge < -0.3 is 21.0 Å². The lowest BCUT2D eigenvalue weighted by Gasteiger charge is -2.16. The van der Waals surface area contributed by atoms with Gasteiger partial charge in [0.15, 0.2) is 0 Å². The van der Waals surface area contributed by atoms with E-state index < -0.39 is 12.3 Å². The molecule has 1 heterocycles. The van der Waals surface area contributed by atoms with E-state index >= 15 is 0 Å². The zero-order valence-corrected chi connectivity index (χ0v) is 11.1. The third kappa shape index (κ3) is 3.59. The van der Waals surface area contributed by atoms with Crippen molar-refractivity contribution in [2.45, 2.75) is 52.1 Å². The number of allylic oxidation sites excluding steroid dienone is 1. The van der Waals surface area contributed by atoms with Crippen LogP contribution in [-0.2, 0) is 0 Å². The summed E-state index contributed by atoms with van der Waals surface area (Å²) < 4.78 is 0. The average Bonchev–Trinajstić information content (AvgIpc) is 2.49. The maximum absolute atomic E-state index is 11.4. The Morgan fingerprint density at radius 3 is 2.39 bits per heavy atom. The first kappa shape index (κ1) is 14.7. The van der Waals surface area contributed by atoms with Crippen molar-refractivity contribution in [3.63, 3.8) is 0 Å². The number of nitrogens with one attached hydrogen (secondary N) is 4. The predicted molar refractivity (Wildman–Crippen MR) is 67.3 cm³/mol. The van der Waals surface area contributed by atoms with E-state index in [9.17, 15) is 15.0 Å². The van der Waals surface area contributed by atoms with Crippen molar-refractivity contribution in [1.82, 2.24) is 21.5 Å². The molecule has 18 heavy (non-hydrogen) atoms. The van der Waals surface area contributed by atoms with Gasteiger partial charge in [-0.1, -0.05) is 0 Å². The van der Waals surface area contributed by atoms with Gasteiger partial charge in [-0.05, 0) is 27.7 Å². The molecule has 1 aliphatic rings. The number of hydrogen-bond acceptors (Lipinski definition) is 5. The molecule has 7 heteroatoms.